The lowest BCUT2D eigenvalue weighted by atomic mass is 10.0. The quantitative estimate of drug-likeness (QED) is 0.359. The summed E-state index contributed by atoms with van der Waals surface area (Å²) >= 11 is 0. The second kappa shape index (κ2) is 7.73. The molecule has 7 nitrogen and oxygen atoms in total. The van der Waals surface area contributed by atoms with Gasteiger partial charge >= 0.3 is 5.97 Å². The van der Waals surface area contributed by atoms with Gasteiger partial charge in [-0.3, -0.25) is 10.1 Å². The molecular weight excluding hydrogens is 298 g/mol. The Balaban J connectivity index is 2.99. The van der Waals surface area contributed by atoms with Crippen molar-refractivity contribution in [1.82, 2.24) is 4.90 Å². The van der Waals surface area contributed by atoms with Crippen molar-refractivity contribution >= 4 is 23.4 Å². The zero-order chi connectivity index (χ0) is 17.6. The minimum Gasteiger partial charge on any atom is -0.466 e. The summed E-state index contributed by atoms with van der Waals surface area (Å²) in [4.78, 5) is 24.0. The fourth-order valence-corrected chi connectivity index (χ4v) is 1.65. The molecule has 1 aromatic rings. The van der Waals surface area contributed by atoms with E-state index in [2.05, 4.69) is 10.1 Å². The number of methoxy groups -OCH3 is 1. The van der Waals surface area contributed by atoms with Crippen LogP contribution in [0.15, 0.2) is 24.3 Å². The average molecular weight is 321 g/mol. The first-order chi connectivity index (χ1) is 10.7. The van der Waals surface area contributed by atoms with Gasteiger partial charge in [0.1, 0.15) is 5.69 Å². The van der Waals surface area contributed by atoms with Crippen LogP contribution in [0.5, 0.6) is 0 Å². The van der Waals surface area contributed by atoms with Crippen molar-refractivity contribution in [3.05, 3.63) is 40.0 Å². The molecular formula is C16H23N3O4. The summed E-state index contributed by atoms with van der Waals surface area (Å²) in [5.41, 5.74) is 0.809. The predicted octanol–water partition coefficient (Wildman–Crippen LogP) is 2.53. The molecule has 0 aliphatic carbocycles. The fourth-order valence-electron chi connectivity index (χ4n) is 1.65. The number of likely N-dealkylation sites (N-methyl/N-ethyl adjacent to an activating group) is 1. The SMILES string of the molecule is COC(=O)/C=C/c1ccc(NCC(C)(C)N(C)C)c([N+](=O)[O-])c1. The third-order valence-corrected chi connectivity index (χ3v) is 3.75. The number of benzene rings is 1. The maximum atomic E-state index is 11.3. The maximum Gasteiger partial charge on any atom is 0.330 e. The summed E-state index contributed by atoms with van der Waals surface area (Å²) in [6.45, 7) is 4.64. The summed E-state index contributed by atoms with van der Waals surface area (Å²) in [6.07, 6.45) is 2.70. The summed E-state index contributed by atoms with van der Waals surface area (Å²) in [6, 6.07) is 4.77. The lowest BCUT2D eigenvalue weighted by Gasteiger charge is -2.32. The van der Waals surface area contributed by atoms with Crippen LogP contribution in [0.25, 0.3) is 6.08 Å². The number of nitrogens with zero attached hydrogens (tertiary/aromatic N) is 2. The monoisotopic (exact) mass is 321 g/mol. The highest BCUT2D eigenvalue weighted by molar-refractivity contribution is 5.87. The Labute approximate surface area is 136 Å². The minimum atomic E-state index is -0.511. The van der Waals surface area contributed by atoms with Crippen LogP contribution in [0.1, 0.15) is 19.4 Å². The Bertz CT molecular complexity index is 609. The van der Waals surface area contributed by atoms with Crippen LogP contribution in [-0.4, -0.2) is 49.1 Å². The number of anilines is 1. The van der Waals surface area contributed by atoms with Crippen LogP contribution in [0, 0.1) is 10.1 Å². The minimum absolute atomic E-state index is 0.0356. The molecule has 23 heavy (non-hydrogen) atoms. The average Bonchev–Trinajstić information content (AvgIpc) is 2.50. The molecule has 0 spiro atoms. The van der Waals surface area contributed by atoms with Gasteiger partial charge in [-0.05, 0) is 45.6 Å². The van der Waals surface area contributed by atoms with Crippen molar-refractivity contribution in [3.8, 4) is 0 Å². The van der Waals surface area contributed by atoms with E-state index in [1.54, 1.807) is 12.1 Å². The molecule has 0 heterocycles. The van der Waals surface area contributed by atoms with Gasteiger partial charge in [0.2, 0.25) is 0 Å². The zero-order valence-electron chi connectivity index (χ0n) is 14.1. The topological polar surface area (TPSA) is 84.7 Å². The first-order valence-electron chi connectivity index (χ1n) is 7.13. The molecule has 0 atom stereocenters. The van der Waals surface area contributed by atoms with Crippen molar-refractivity contribution in [3.63, 3.8) is 0 Å². The molecule has 0 aliphatic heterocycles. The van der Waals surface area contributed by atoms with E-state index in [4.69, 9.17) is 0 Å². The highest BCUT2D eigenvalue weighted by Gasteiger charge is 2.22. The Morgan fingerprint density at radius 2 is 2.09 bits per heavy atom. The standard InChI is InChI=1S/C16H23N3O4/c1-16(2,18(3)4)11-17-13-8-6-12(7-9-15(20)23-5)10-14(13)19(21)22/h6-10,17H,11H2,1-5H3/b9-7+. The molecule has 0 unspecified atom stereocenters. The Morgan fingerprint density at radius 3 is 2.61 bits per heavy atom. The molecule has 0 radical (unpaired) electrons. The second-order valence-electron chi connectivity index (χ2n) is 5.95. The van der Waals surface area contributed by atoms with Crippen LogP contribution in [0.2, 0.25) is 0 Å². The third kappa shape index (κ3) is 5.37. The Hall–Kier alpha value is -2.41. The number of nitrogens with one attached hydrogen (secondary N) is 1. The molecule has 0 aromatic heterocycles. The number of carbonyl (C=O) groups excluding carboxylic acids is 1. The molecule has 0 aliphatic rings. The predicted molar refractivity (Wildman–Crippen MR) is 90.4 cm³/mol. The van der Waals surface area contributed by atoms with E-state index in [0.717, 1.165) is 0 Å². The molecule has 126 valence electrons. The molecule has 0 saturated carbocycles. The van der Waals surface area contributed by atoms with Crippen molar-refractivity contribution in [1.29, 1.82) is 0 Å². The van der Waals surface area contributed by atoms with Gasteiger partial charge in [-0.1, -0.05) is 6.07 Å². The summed E-state index contributed by atoms with van der Waals surface area (Å²) < 4.78 is 4.50. The maximum absolute atomic E-state index is 11.3. The summed E-state index contributed by atoms with van der Waals surface area (Å²) in [5, 5.41) is 14.4. The zero-order valence-corrected chi connectivity index (χ0v) is 14.1. The summed E-state index contributed by atoms with van der Waals surface area (Å²) in [5.74, 6) is -0.511. The molecule has 0 fully saturated rings. The molecule has 0 saturated heterocycles. The van der Waals surface area contributed by atoms with Crippen molar-refractivity contribution < 1.29 is 14.5 Å². The van der Waals surface area contributed by atoms with Gasteiger partial charge in [-0.2, -0.15) is 0 Å². The van der Waals surface area contributed by atoms with E-state index < -0.39 is 10.9 Å². The molecule has 7 heteroatoms. The normalized spacial score (nSPS) is 11.7. The fraction of sp³-hybridized carbons (Fsp3) is 0.438. The van der Waals surface area contributed by atoms with E-state index in [1.807, 2.05) is 32.8 Å². The molecule has 0 amide bonds. The molecule has 1 N–H and O–H groups in total. The largest absolute Gasteiger partial charge is 0.466 e. The van der Waals surface area contributed by atoms with Gasteiger partial charge in [0.15, 0.2) is 0 Å². The van der Waals surface area contributed by atoms with Gasteiger partial charge in [0.25, 0.3) is 5.69 Å². The highest BCUT2D eigenvalue weighted by Crippen LogP contribution is 2.27. The van der Waals surface area contributed by atoms with Crippen LogP contribution >= 0.6 is 0 Å². The van der Waals surface area contributed by atoms with Crippen LogP contribution in [0.4, 0.5) is 11.4 Å². The summed E-state index contributed by atoms with van der Waals surface area (Å²) in [7, 11) is 5.18. The number of hydrogen-bond acceptors (Lipinski definition) is 6. The van der Waals surface area contributed by atoms with Crippen molar-refractivity contribution in [2.24, 2.45) is 0 Å². The van der Waals surface area contributed by atoms with Crippen LogP contribution in [-0.2, 0) is 9.53 Å². The van der Waals surface area contributed by atoms with E-state index in [9.17, 15) is 14.9 Å². The van der Waals surface area contributed by atoms with Gasteiger partial charge in [-0.15, -0.1) is 0 Å². The molecule has 0 bridgehead atoms. The number of carbonyl (C=O) groups is 1. The first-order valence-corrected chi connectivity index (χ1v) is 7.13. The van der Waals surface area contributed by atoms with Gasteiger partial charge in [0.05, 0.1) is 12.0 Å². The van der Waals surface area contributed by atoms with E-state index >= 15 is 0 Å². The van der Waals surface area contributed by atoms with Crippen LogP contribution < -0.4 is 5.32 Å². The van der Waals surface area contributed by atoms with Crippen molar-refractivity contribution in [2.75, 3.05) is 33.1 Å². The van der Waals surface area contributed by atoms with Gasteiger partial charge < -0.3 is 15.0 Å². The number of hydrogen-bond donors (Lipinski definition) is 1. The second-order valence-corrected chi connectivity index (χ2v) is 5.95. The molecule has 1 aromatic carbocycles. The first kappa shape index (κ1) is 18.6. The molecule has 1 rings (SSSR count). The number of esters is 1. The lowest BCUT2D eigenvalue weighted by molar-refractivity contribution is -0.384. The van der Waals surface area contributed by atoms with E-state index in [-0.39, 0.29) is 11.2 Å². The number of ether oxygens (including phenoxy) is 1. The number of nitro benzene ring substituents is 1. The van der Waals surface area contributed by atoms with Gasteiger partial charge in [-0.25, -0.2) is 4.79 Å². The Kier molecular flexibility index (Phi) is 6.27. The van der Waals surface area contributed by atoms with E-state index in [1.165, 1.54) is 25.3 Å². The Morgan fingerprint density at radius 1 is 1.43 bits per heavy atom. The van der Waals surface area contributed by atoms with Crippen LogP contribution in [0.3, 0.4) is 0 Å². The van der Waals surface area contributed by atoms with Crippen molar-refractivity contribution in [2.45, 2.75) is 19.4 Å². The number of rotatable bonds is 7. The number of nitro groups is 1. The van der Waals surface area contributed by atoms with Gasteiger partial charge in [0, 0.05) is 24.2 Å². The third-order valence-electron chi connectivity index (χ3n) is 3.75. The highest BCUT2D eigenvalue weighted by atomic mass is 16.6. The smallest absolute Gasteiger partial charge is 0.330 e. The lowest BCUT2D eigenvalue weighted by Crippen LogP contribution is -2.44. The van der Waals surface area contributed by atoms with E-state index in [0.29, 0.717) is 17.8 Å².